The van der Waals surface area contributed by atoms with Crippen LogP contribution in [0.25, 0.3) is 0 Å². The first-order chi connectivity index (χ1) is 10.0. The molecule has 2 fully saturated rings. The number of methoxy groups -OCH3 is 1. The van der Waals surface area contributed by atoms with E-state index in [-0.39, 0.29) is 10.9 Å². The quantitative estimate of drug-likeness (QED) is 0.869. The first-order valence-corrected chi connectivity index (χ1v) is 8.93. The Hall–Kier alpha value is -1.27. The largest absolute Gasteiger partial charge is 0.495 e. The minimum Gasteiger partial charge on any atom is -0.495 e. The van der Waals surface area contributed by atoms with Crippen molar-refractivity contribution in [3.63, 3.8) is 0 Å². The summed E-state index contributed by atoms with van der Waals surface area (Å²) in [5.41, 5.74) is 6.22. The molecule has 1 aliphatic carbocycles. The molecule has 0 aromatic heterocycles. The van der Waals surface area contributed by atoms with Crippen LogP contribution in [0.5, 0.6) is 5.75 Å². The van der Waals surface area contributed by atoms with E-state index in [2.05, 4.69) is 0 Å². The Labute approximate surface area is 126 Å². The van der Waals surface area contributed by atoms with Crippen LogP contribution in [0.1, 0.15) is 32.1 Å². The summed E-state index contributed by atoms with van der Waals surface area (Å²) >= 11 is 0. The molecule has 1 aromatic rings. The van der Waals surface area contributed by atoms with Gasteiger partial charge in [-0.1, -0.05) is 6.42 Å². The highest BCUT2D eigenvalue weighted by molar-refractivity contribution is 7.89. The first-order valence-electron chi connectivity index (χ1n) is 7.49. The maximum Gasteiger partial charge on any atom is 0.247 e. The second kappa shape index (κ2) is 5.50. The van der Waals surface area contributed by atoms with Crippen LogP contribution in [0.15, 0.2) is 23.1 Å². The number of hydrogen-bond acceptors (Lipinski definition) is 4. The number of nitrogens with two attached hydrogens (primary N) is 1. The zero-order valence-electron chi connectivity index (χ0n) is 12.3. The fourth-order valence-electron chi connectivity index (χ4n) is 3.73. The average Bonchev–Trinajstić information content (AvgIpc) is 2.95. The summed E-state index contributed by atoms with van der Waals surface area (Å²) in [7, 11) is -2.07. The maximum atomic E-state index is 13.1. The summed E-state index contributed by atoms with van der Waals surface area (Å²) in [5.74, 6) is 0.880. The van der Waals surface area contributed by atoms with Gasteiger partial charge in [-0.25, -0.2) is 8.42 Å². The van der Waals surface area contributed by atoms with Gasteiger partial charge in [0.1, 0.15) is 10.6 Å². The van der Waals surface area contributed by atoms with Gasteiger partial charge in [0.25, 0.3) is 0 Å². The van der Waals surface area contributed by atoms with Crippen LogP contribution in [-0.4, -0.2) is 32.4 Å². The standard InChI is InChI=1S/C15H22N2O3S/c1-20-14-8-7-12(16)10-15(14)21(18,19)17-9-3-5-11-4-2-6-13(11)17/h7-8,10-11,13H,2-6,9,16H2,1H3. The van der Waals surface area contributed by atoms with E-state index < -0.39 is 10.0 Å². The molecule has 1 saturated heterocycles. The van der Waals surface area contributed by atoms with Gasteiger partial charge in [0.2, 0.25) is 10.0 Å². The number of ether oxygens (including phenoxy) is 1. The van der Waals surface area contributed by atoms with Gasteiger partial charge in [0, 0.05) is 18.3 Å². The molecule has 6 heteroatoms. The van der Waals surface area contributed by atoms with Crippen LogP contribution >= 0.6 is 0 Å². The van der Waals surface area contributed by atoms with Gasteiger partial charge in [-0.3, -0.25) is 0 Å². The van der Waals surface area contributed by atoms with E-state index in [9.17, 15) is 8.42 Å². The highest BCUT2D eigenvalue weighted by Crippen LogP contribution is 2.40. The van der Waals surface area contributed by atoms with Crippen molar-refractivity contribution in [2.75, 3.05) is 19.4 Å². The Kier molecular flexibility index (Phi) is 3.84. The fourth-order valence-corrected chi connectivity index (χ4v) is 5.67. The molecule has 2 aliphatic rings. The number of sulfonamides is 1. The number of anilines is 1. The van der Waals surface area contributed by atoms with Gasteiger partial charge in [-0.15, -0.1) is 0 Å². The molecule has 0 amide bonds. The van der Waals surface area contributed by atoms with Gasteiger partial charge in [-0.05, 0) is 49.8 Å². The summed E-state index contributed by atoms with van der Waals surface area (Å²) in [4.78, 5) is 0.192. The highest BCUT2D eigenvalue weighted by atomic mass is 32.2. The predicted molar refractivity (Wildman–Crippen MR) is 81.7 cm³/mol. The van der Waals surface area contributed by atoms with Crippen molar-refractivity contribution in [2.24, 2.45) is 5.92 Å². The van der Waals surface area contributed by atoms with Gasteiger partial charge in [0.05, 0.1) is 7.11 Å². The zero-order valence-corrected chi connectivity index (χ0v) is 13.1. The van der Waals surface area contributed by atoms with Gasteiger partial charge < -0.3 is 10.5 Å². The highest BCUT2D eigenvalue weighted by Gasteiger charge is 2.42. The number of fused-ring (bicyclic) bond motifs is 1. The minimum absolute atomic E-state index is 0.148. The van der Waals surface area contributed by atoms with Gasteiger partial charge >= 0.3 is 0 Å². The van der Waals surface area contributed by atoms with Crippen LogP contribution in [-0.2, 0) is 10.0 Å². The Balaban J connectivity index is 2.02. The molecule has 1 saturated carbocycles. The Morgan fingerprint density at radius 2 is 2.00 bits per heavy atom. The van der Waals surface area contributed by atoms with Crippen molar-refractivity contribution in [3.8, 4) is 5.75 Å². The molecule has 21 heavy (non-hydrogen) atoms. The van der Waals surface area contributed by atoms with E-state index in [0.29, 0.717) is 23.9 Å². The lowest BCUT2D eigenvalue weighted by Gasteiger charge is -2.36. The fraction of sp³-hybridized carbons (Fsp3) is 0.600. The Bertz CT molecular complexity index is 630. The smallest absolute Gasteiger partial charge is 0.247 e. The first kappa shape index (κ1) is 14.7. The summed E-state index contributed by atoms with van der Waals surface area (Å²) in [6, 6.07) is 4.94. The summed E-state index contributed by atoms with van der Waals surface area (Å²) in [6.45, 7) is 0.599. The molecule has 1 heterocycles. The summed E-state index contributed by atoms with van der Waals surface area (Å²) in [6.07, 6.45) is 5.31. The van der Waals surface area contributed by atoms with Crippen molar-refractivity contribution in [3.05, 3.63) is 18.2 Å². The maximum absolute atomic E-state index is 13.1. The third-order valence-corrected chi connectivity index (χ3v) is 6.66. The molecular formula is C15H22N2O3S. The molecule has 5 nitrogen and oxygen atoms in total. The molecule has 0 radical (unpaired) electrons. The zero-order chi connectivity index (χ0) is 15.0. The molecule has 0 spiro atoms. The number of hydrogen-bond donors (Lipinski definition) is 1. The molecular weight excluding hydrogens is 288 g/mol. The van der Waals surface area contributed by atoms with Crippen molar-refractivity contribution in [1.82, 2.24) is 4.31 Å². The summed E-state index contributed by atoms with van der Waals surface area (Å²) < 4.78 is 33.0. The second-order valence-corrected chi connectivity index (χ2v) is 7.79. The SMILES string of the molecule is COc1ccc(N)cc1S(=O)(=O)N1CCCC2CCCC21. The lowest BCUT2D eigenvalue weighted by atomic mass is 9.94. The van der Waals surface area contributed by atoms with Crippen molar-refractivity contribution in [1.29, 1.82) is 0 Å². The predicted octanol–water partition coefficient (Wildman–Crippen LogP) is 2.23. The number of nitrogen functional groups attached to an aromatic ring is 1. The van der Waals surface area contributed by atoms with Crippen molar-refractivity contribution >= 4 is 15.7 Å². The van der Waals surface area contributed by atoms with Crippen LogP contribution in [0, 0.1) is 5.92 Å². The van der Waals surface area contributed by atoms with Crippen LogP contribution in [0.2, 0.25) is 0 Å². The number of piperidine rings is 1. The molecule has 1 aromatic carbocycles. The molecule has 3 rings (SSSR count). The summed E-state index contributed by atoms with van der Waals surface area (Å²) in [5, 5.41) is 0. The van der Waals surface area contributed by atoms with E-state index in [1.807, 2.05) is 0 Å². The molecule has 116 valence electrons. The topological polar surface area (TPSA) is 72.6 Å². The van der Waals surface area contributed by atoms with Gasteiger partial charge in [-0.2, -0.15) is 4.31 Å². The van der Waals surface area contributed by atoms with E-state index in [1.54, 1.807) is 16.4 Å². The normalized spacial score (nSPS) is 26.5. The monoisotopic (exact) mass is 310 g/mol. The Morgan fingerprint density at radius 1 is 1.24 bits per heavy atom. The van der Waals surface area contributed by atoms with Crippen LogP contribution < -0.4 is 10.5 Å². The molecule has 1 aliphatic heterocycles. The number of rotatable bonds is 3. The van der Waals surface area contributed by atoms with E-state index >= 15 is 0 Å². The van der Waals surface area contributed by atoms with Gasteiger partial charge in [0.15, 0.2) is 0 Å². The van der Waals surface area contributed by atoms with E-state index in [0.717, 1.165) is 32.1 Å². The lowest BCUT2D eigenvalue weighted by molar-refractivity contribution is 0.201. The van der Waals surface area contributed by atoms with Crippen molar-refractivity contribution in [2.45, 2.75) is 43.0 Å². The average molecular weight is 310 g/mol. The van der Waals surface area contributed by atoms with E-state index in [1.165, 1.54) is 13.2 Å². The molecule has 0 bridgehead atoms. The Morgan fingerprint density at radius 3 is 2.76 bits per heavy atom. The number of benzene rings is 1. The minimum atomic E-state index is -3.55. The molecule has 2 N–H and O–H groups in total. The molecule has 2 atom stereocenters. The number of nitrogens with zero attached hydrogens (tertiary/aromatic N) is 1. The second-order valence-electron chi connectivity index (χ2n) is 5.93. The molecule has 2 unspecified atom stereocenters. The van der Waals surface area contributed by atoms with Crippen molar-refractivity contribution < 1.29 is 13.2 Å². The van der Waals surface area contributed by atoms with Crippen LogP contribution in [0.3, 0.4) is 0 Å². The third-order valence-electron chi connectivity index (χ3n) is 4.72. The van der Waals surface area contributed by atoms with Crippen LogP contribution in [0.4, 0.5) is 5.69 Å². The lowest BCUT2D eigenvalue weighted by Crippen LogP contribution is -2.46. The third kappa shape index (κ3) is 2.51. The van der Waals surface area contributed by atoms with E-state index in [4.69, 9.17) is 10.5 Å².